The van der Waals surface area contributed by atoms with Crippen LogP contribution < -0.4 is 9.46 Å². The van der Waals surface area contributed by atoms with Crippen LogP contribution in [0.25, 0.3) is 0 Å². The van der Waals surface area contributed by atoms with Crippen LogP contribution in [0.4, 0.5) is 5.69 Å². The van der Waals surface area contributed by atoms with Gasteiger partial charge in [-0.3, -0.25) is 9.82 Å². The first-order chi connectivity index (χ1) is 9.45. The zero-order valence-electron chi connectivity index (χ0n) is 10.2. The quantitative estimate of drug-likeness (QED) is 0.723. The number of ether oxygens (including phenoxy) is 1. The molecule has 0 aliphatic carbocycles. The van der Waals surface area contributed by atoms with Crippen LogP contribution in [0.3, 0.4) is 0 Å². The second-order valence-electron chi connectivity index (χ2n) is 3.58. The Balaban J connectivity index is 2.41. The van der Waals surface area contributed by atoms with E-state index in [1.54, 1.807) is 0 Å². The van der Waals surface area contributed by atoms with Gasteiger partial charge in [-0.15, -0.1) is 0 Å². The van der Waals surface area contributed by atoms with Crippen LogP contribution in [0.1, 0.15) is 10.4 Å². The second kappa shape index (κ2) is 5.17. The van der Waals surface area contributed by atoms with Crippen molar-refractivity contribution in [3.63, 3.8) is 0 Å². The lowest BCUT2D eigenvalue weighted by atomic mass is 10.4. The summed E-state index contributed by atoms with van der Waals surface area (Å²) in [6, 6.07) is 2.94. The maximum absolute atomic E-state index is 12.1. The Bertz CT molecular complexity index is 740. The number of carbonyl (C=O) groups is 1. The smallest absolute Gasteiger partial charge is 0.340 e. The lowest BCUT2D eigenvalue weighted by Gasteiger charge is -2.09. The van der Waals surface area contributed by atoms with Crippen LogP contribution in [0, 0.1) is 0 Å². The summed E-state index contributed by atoms with van der Waals surface area (Å²) in [7, 11) is -2.81. The molecule has 10 heteroatoms. The molecule has 0 atom stereocenters. The third-order valence-electron chi connectivity index (χ3n) is 2.31. The minimum Gasteiger partial charge on any atom is -0.480 e. The first-order valence-electron chi connectivity index (χ1n) is 5.24. The highest BCUT2D eigenvalue weighted by atomic mass is 32.2. The molecule has 0 bridgehead atoms. The van der Waals surface area contributed by atoms with Crippen molar-refractivity contribution in [3.8, 4) is 5.88 Å². The van der Waals surface area contributed by atoms with Gasteiger partial charge in [0, 0.05) is 6.20 Å². The zero-order valence-corrected chi connectivity index (χ0v) is 11.0. The lowest BCUT2D eigenvalue weighted by molar-refractivity contribution is 0.0692. The van der Waals surface area contributed by atoms with Gasteiger partial charge in [-0.05, 0) is 12.1 Å². The van der Waals surface area contributed by atoms with E-state index in [1.807, 2.05) is 0 Å². The average molecular weight is 298 g/mol. The molecule has 0 spiro atoms. The van der Waals surface area contributed by atoms with Crippen molar-refractivity contribution in [1.29, 1.82) is 0 Å². The summed E-state index contributed by atoms with van der Waals surface area (Å²) < 4.78 is 31.3. The van der Waals surface area contributed by atoms with Gasteiger partial charge in [0.1, 0.15) is 11.3 Å². The summed E-state index contributed by atoms with van der Waals surface area (Å²) in [6.07, 6.45) is 2.34. The number of carboxylic acids is 1. The number of hydrogen-bond donors (Lipinski definition) is 3. The topological polar surface area (TPSA) is 134 Å². The molecule has 2 aromatic heterocycles. The monoisotopic (exact) mass is 298 g/mol. The van der Waals surface area contributed by atoms with Gasteiger partial charge in [-0.25, -0.2) is 9.78 Å². The average Bonchev–Trinajstić information content (AvgIpc) is 2.89. The van der Waals surface area contributed by atoms with Gasteiger partial charge in [0.15, 0.2) is 5.03 Å². The summed E-state index contributed by atoms with van der Waals surface area (Å²) in [5, 5.41) is 13.9. The molecule has 0 unspecified atom stereocenters. The minimum atomic E-state index is -4.15. The molecular formula is C10H10N4O5S. The number of pyridine rings is 1. The normalized spacial score (nSPS) is 11.1. The van der Waals surface area contributed by atoms with Crippen LogP contribution in [0.15, 0.2) is 29.6 Å². The first kappa shape index (κ1) is 13.8. The fraction of sp³-hybridized carbons (Fsp3) is 0.100. The third kappa shape index (κ3) is 2.54. The molecule has 0 fully saturated rings. The number of nitrogens with one attached hydrogen (secondary N) is 2. The Morgan fingerprint density at radius 3 is 2.90 bits per heavy atom. The van der Waals surface area contributed by atoms with E-state index in [0.29, 0.717) is 0 Å². The van der Waals surface area contributed by atoms with Gasteiger partial charge >= 0.3 is 5.97 Å². The van der Waals surface area contributed by atoms with Crippen LogP contribution in [0.2, 0.25) is 0 Å². The molecule has 106 valence electrons. The number of H-pyrrole nitrogens is 1. The zero-order chi connectivity index (χ0) is 14.8. The molecule has 0 amide bonds. The van der Waals surface area contributed by atoms with Crippen LogP contribution in [-0.2, 0) is 10.0 Å². The number of rotatable bonds is 5. The number of aromatic amines is 1. The Morgan fingerprint density at radius 2 is 2.25 bits per heavy atom. The summed E-state index contributed by atoms with van der Waals surface area (Å²) in [6.45, 7) is 0. The molecule has 0 aromatic carbocycles. The van der Waals surface area contributed by atoms with E-state index in [2.05, 4.69) is 19.9 Å². The standard InChI is InChI=1S/C10H10N4O5S/c1-19-8-7(3-2-4-11-8)14-20(17,18)9-6(10(15)16)5-12-13-9/h2-5,14H,1H3,(H,12,13)(H,15,16). The molecule has 2 rings (SSSR count). The minimum absolute atomic E-state index is 0.0625. The fourth-order valence-electron chi connectivity index (χ4n) is 1.46. The predicted octanol–water partition coefficient (Wildman–Crippen LogP) is 0.312. The summed E-state index contributed by atoms with van der Waals surface area (Å²) in [4.78, 5) is 14.7. The van der Waals surface area contributed by atoms with Gasteiger partial charge < -0.3 is 9.84 Å². The van der Waals surface area contributed by atoms with Gasteiger partial charge in [-0.2, -0.15) is 13.5 Å². The lowest BCUT2D eigenvalue weighted by Crippen LogP contribution is -2.17. The summed E-state index contributed by atoms with van der Waals surface area (Å²) in [5.41, 5.74) is -0.374. The Labute approximate surface area is 113 Å². The van der Waals surface area contributed by atoms with E-state index in [1.165, 1.54) is 25.4 Å². The highest BCUT2D eigenvalue weighted by molar-refractivity contribution is 7.92. The number of aromatic carboxylic acids is 1. The molecule has 9 nitrogen and oxygen atoms in total. The third-order valence-corrected chi connectivity index (χ3v) is 3.65. The SMILES string of the molecule is COc1ncccc1NS(=O)(=O)c1[nH]ncc1C(=O)O. The Hall–Kier alpha value is -2.62. The molecule has 2 heterocycles. The molecule has 0 aliphatic rings. The van der Waals surface area contributed by atoms with Gasteiger partial charge in [-0.1, -0.05) is 0 Å². The number of carboxylic acid groups (broad SMARTS) is 1. The van der Waals surface area contributed by atoms with E-state index in [9.17, 15) is 13.2 Å². The van der Waals surface area contributed by atoms with Crippen molar-refractivity contribution >= 4 is 21.7 Å². The van der Waals surface area contributed by atoms with Crippen molar-refractivity contribution < 1.29 is 23.1 Å². The highest BCUT2D eigenvalue weighted by Crippen LogP contribution is 2.24. The largest absolute Gasteiger partial charge is 0.480 e. The van der Waals surface area contributed by atoms with E-state index >= 15 is 0 Å². The number of nitrogens with zero attached hydrogens (tertiary/aromatic N) is 2. The van der Waals surface area contributed by atoms with Crippen LogP contribution >= 0.6 is 0 Å². The number of methoxy groups -OCH3 is 1. The van der Waals surface area contributed by atoms with Gasteiger partial charge in [0.2, 0.25) is 5.88 Å². The maximum Gasteiger partial charge on any atom is 0.340 e. The Morgan fingerprint density at radius 1 is 1.50 bits per heavy atom. The van der Waals surface area contributed by atoms with Crippen molar-refractivity contribution in [1.82, 2.24) is 15.2 Å². The van der Waals surface area contributed by atoms with Crippen molar-refractivity contribution in [3.05, 3.63) is 30.1 Å². The van der Waals surface area contributed by atoms with E-state index < -0.39 is 26.6 Å². The molecule has 2 aromatic rings. The molecule has 0 radical (unpaired) electrons. The number of sulfonamides is 1. The number of hydrogen-bond acceptors (Lipinski definition) is 6. The number of aromatic nitrogens is 3. The fourth-order valence-corrected chi connectivity index (χ4v) is 2.61. The molecule has 0 aliphatic heterocycles. The van der Waals surface area contributed by atoms with Gasteiger partial charge in [0.05, 0.1) is 13.3 Å². The maximum atomic E-state index is 12.1. The van der Waals surface area contributed by atoms with Crippen LogP contribution in [-0.4, -0.2) is 41.8 Å². The first-order valence-corrected chi connectivity index (χ1v) is 6.72. The Kier molecular flexibility index (Phi) is 3.57. The van der Waals surface area contributed by atoms with Gasteiger partial charge in [0.25, 0.3) is 10.0 Å². The number of anilines is 1. The molecule has 20 heavy (non-hydrogen) atoms. The second-order valence-corrected chi connectivity index (χ2v) is 5.20. The van der Waals surface area contributed by atoms with Crippen molar-refractivity contribution in [2.75, 3.05) is 11.8 Å². The van der Waals surface area contributed by atoms with E-state index in [0.717, 1.165) is 6.20 Å². The van der Waals surface area contributed by atoms with E-state index in [4.69, 9.17) is 9.84 Å². The van der Waals surface area contributed by atoms with E-state index in [-0.39, 0.29) is 11.6 Å². The molecule has 0 saturated heterocycles. The van der Waals surface area contributed by atoms with Crippen LogP contribution in [0.5, 0.6) is 5.88 Å². The van der Waals surface area contributed by atoms with Crippen molar-refractivity contribution in [2.45, 2.75) is 5.03 Å². The highest BCUT2D eigenvalue weighted by Gasteiger charge is 2.25. The summed E-state index contributed by atoms with van der Waals surface area (Å²) in [5.74, 6) is -1.34. The molecular weight excluding hydrogens is 288 g/mol. The molecule has 3 N–H and O–H groups in total. The molecule has 0 saturated carbocycles. The predicted molar refractivity (Wildman–Crippen MR) is 67.1 cm³/mol. The summed E-state index contributed by atoms with van der Waals surface area (Å²) >= 11 is 0. The van der Waals surface area contributed by atoms with Crippen molar-refractivity contribution in [2.24, 2.45) is 0 Å².